The van der Waals surface area contributed by atoms with Gasteiger partial charge in [-0.2, -0.15) is 0 Å². The molecule has 0 aromatic heterocycles. The SMILES string of the molecule is CC(C)COc1c(N)cccc1C(N)=O. The van der Waals surface area contributed by atoms with E-state index in [9.17, 15) is 4.79 Å². The molecular formula is C11H16N2O2. The maximum absolute atomic E-state index is 11.1. The lowest BCUT2D eigenvalue weighted by molar-refractivity contribution is 0.0995. The highest BCUT2D eigenvalue weighted by atomic mass is 16.5. The number of amides is 1. The fourth-order valence-electron chi connectivity index (χ4n) is 1.16. The van der Waals surface area contributed by atoms with Crippen LogP contribution in [-0.4, -0.2) is 12.5 Å². The van der Waals surface area contributed by atoms with Crippen molar-refractivity contribution in [2.45, 2.75) is 13.8 Å². The van der Waals surface area contributed by atoms with Crippen molar-refractivity contribution in [2.24, 2.45) is 11.7 Å². The minimum Gasteiger partial charge on any atom is -0.490 e. The molecule has 0 aliphatic carbocycles. The van der Waals surface area contributed by atoms with Gasteiger partial charge in [0.05, 0.1) is 17.9 Å². The summed E-state index contributed by atoms with van der Waals surface area (Å²) in [6.45, 7) is 4.54. The van der Waals surface area contributed by atoms with Crippen LogP contribution in [-0.2, 0) is 0 Å². The van der Waals surface area contributed by atoms with Crippen LogP contribution < -0.4 is 16.2 Å². The van der Waals surface area contributed by atoms with Crippen molar-refractivity contribution in [3.05, 3.63) is 23.8 Å². The smallest absolute Gasteiger partial charge is 0.252 e. The molecule has 4 N–H and O–H groups in total. The van der Waals surface area contributed by atoms with Crippen LogP contribution in [0.3, 0.4) is 0 Å². The summed E-state index contributed by atoms with van der Waals surface area (Å²) in [7, 11) is 0. The number of nitrogens with two attached hydrogens (primary N) is 2. The Bertz CT molecular complexity index is 362. The van der Waals surface area contributed by atoms with Crippen LogP contribution >= 0.6 is 0 Å². The molecule has 1 rings (SSSR count). The van der Waals surface area contributed by atoms with E-state index in [0.29, 0.717) is 29.5 Å². The van der Waals surface area contributed by atoms with Crippen molar-refractivity contribution in [1.82, 2.24) is 0 Å². The van der Waals surface area contributed by atoms with Gasteiger partial charge in [0, 0.05) is 0 Å². The molecule has 1 amide bonds. The molecule has 0 heterocycles. The van der Waals surface area contributed by atoms with E-state index < -0.39 is 5.91 Å². The van der Waals surface area contributed by atoms with Crippen LogP contribution in [0.2, 0.25) is 0 Å². The standard InChI is InChI=1S/C11H16N2O2/c1-7(2)6-15-10-8(11(13)14)4-3-5-9(10)12/h3-5,7H,6,12H2,1-2H3,(H2,13,14). The zero-order valence-electron chi connectivity index (χ0n) is 8.99. The van der Waals surface area contributed by atoms with Crippen LogP contribution in [0.15, 0.2) is 18.2 Å². The molecule has 0 radical (unpaired) electrons. The van der Waals surface area contributed by atoms with E-state index in [1.54, 1.807) is 18.2 Å². The summed E-state index contributed by atoms with van der Waals surface area (Å²) in [5.41, 5.74) is 11.7. The zero-order valence-corrected chi connectivity index (χ0v) is 8.99. The molecule has 1 aromatic carbocycles. The van der Waals surface area contributed by atoms with Crippen LogP contribution in [0.4, 0.5) is 5.69 Å². The van der Waals surface area contributed by atoms with E-state index in [-0.39, 0.29) is 0 Å². The Labute approximate surface area is 89.2 Å². The monoisotopic (exact) mass is 208 g/mol. The first-order valence-electron chi connectivity index (χ1n) is 4.83. The van der Waals surface area contributed by atoms with E-state index in [4.69, 9.17) is 16.2 Å². The first kappa shape index (κ1) is 11.4. The minimum absolute atomic E-state index is 0.329. The number of carbonyl (C=O) groups is 1. The lowest BCUT2D eigenvalue weighted by atomic mass is 10.1. The summed E-state index contributed by atoms with van der Waals surface area (Å²) in [4.78, 5) is 11.1. The average Bonchev–Trinajstić information content (AvgIpc) is 2.15. The number of carbonyl (C=O) groups excluding carboxylic acids is 1. The number of rotatable bonds is 4. The van der Waals surface area contributed by atoms with E-state index in [1.807, 2.05) is 13.8 Å². The number of hydrogen-bond donors (Lipinski definition) is 2. The first-order valence-corrected chi connectivity index (χ1v) is 4.83. The highest BCUT2D eigenvalue weighted by molar-refractivity contribution is 5.97. The summed E-state index contributed by atoms with van der Waals surface area (Å²) < 4.78 is 5.46. The van der Waals surface area contributed by atoms with E-state index >= 15 is 0 Å². The number of ether oxygens (including phenoxy) is 1. The molecule has 0 saturated heterocycles. The lowest BCUT2D eigenvalue weighted by Gasteiger charge is -2.13. The van der Waals surface area contributed by atoms with Crippen LogP contribution in [0.1, 0.15) is 24.2 Å². The van der Waals surface area contributed by atoms with Gasteiger partial charge in [-0.05, 0) is 18.1 Å². The maximum atomic E-state index is 11.1. The Balaban J connectivity index is 2.97. The molecule has 4 nitrogen and oxygen atoms in total. The van der Waals surface area contributed by atoms with Gasteiger partial charge in [0.25, 0.3) is 5.91 Å². The van der Waals surface area contributed by atoms with E-state index in [0.717, 1.165) is 0 Å². The highest BCUT2D eigenvalue weighted by Gasteiger charge is 2.12. The molecule has 0 fully saturated rings. The molecule has 4 heteroatoms. The summed E-state index contributed by atoms with van der Waals surface area (Å²) in [5, 5.41) is 0. The zero-order chi connectivity index (χ0) is 11.4. The average molecular weight is 208 g/mol. The van der Waals surface area contributed by atoms with Gasteiger partial charge in [-0.1, -0.05) is 19.9 Å². The van der Waals surface area contributed by atoms with Crippen LogP contribution in [0.5, 0.6) is 5.75 Å². The third-order valence-electron chi connectivity index (χ3n) is 1.87. The lowest BCUT2D eigenvalue weighted by Crippen LogP contribution is -2.15. The quantitative estimate of drug-likeness (QED) is 0.734. The second-order valence-corrected chi connectivity index (χ2v) is 3.79. The summed E-state index contributed by atoms with van der Waals surface area (Å²) in [6.07, 6.45) is 0. The largest absolute Gasteiger partial charge is 0.490 e. The molecule has 1 aromatic rings. The van der Waals surface area contributed by atoms with Gasteiger partial charge in [-0.3, -0.25) is 4.79 Å². The van der Waals surface area contributed by atoms with Gasteiger partial charge in [-0.25, -0.2) is 0 Å². The third kappa shape index (κ3) is 2.87. The van der Waals surface area contributed by atoms with Crippen molar-refractivity contribution >= 4 is 11.6 Å². The normalized spacial score (nSPS) is 10.3. The number of para-hydroxylation sites is 1. The number of hydrogen-bond acceptors (Lipinski definition) is 3. The van der Waals surface area contributed by atoms with Gasteiger partial charge >= 0.3 is 0 Å². The highest BCUT2D eigenvalue weighted by Crippen LogP contribution is 2.26. The molecule has 0 aliphatic rings. The Morgan fingerprint density at radius 2 is 2.13 bits per heavy atom. The van der Waals surface area contributed by atoms with Crippen molar-refractivity contribution in [3.8, 4) is 5.75 Å². The molecule has 0 aliphatic heterocycles. The molecule has 0 atom stereocenters. The minimum atomic E-state index is -0.527. The van der Waals surface area contributed by atoms with E-state index in [1.165, 1.54) is 0 Å². The van der Waals surface area contributed by atoms with Crippen molar-refractivity contribution in [1.29, 1.82) is 0 Å². The Morgan fingerprint density at radius 1 is 1.47 bits per heavy atom. The van der Waals surface area contributed by atoms with Gasteiger partial charge in [0.15, 0.2) is 5.75 Å². The number of primary amides is 1. The predicted molar refractivity (Wildman–Crippen MR) is 59.7 cm³/mol. The topological polar surface area (TPSA) is 78.3 Å². The molecule has 82 valence electrons. The molecule has 15 heavy (non-hydrogen) atoms. The predicted octanol–water partition coefficient (Wildman–Crippen LogP) is 1.40. The van der Waals surface area contributed by atoms with Crippen molar-refractivity contribution in [3.63, 3.8) is 0 Å². The fourth-order valence-corrected chi connectivity index (χ4v) is 1.16. The summed E-state index contributed by atoms with van der Waals surface area (Å²) in [5.74, 6) is 0.227. The number of nitrogen functional groups attached to an aromatic ring is 1. The van der Waals surface area contributed by atoms with Crippen LogP contribution in [0.25, 0.3) is 0 Å². The van der Waals surface area contributed by atoms with Gasteiger partial charge in [-0.15, -0.1) is 0 Å². The van der Waals surface area contributed by atoms with Gasteiger partial charge in [0.2, 0.25) is 0 Å². The van der Waals surface area contributed by atoms with Gasteiger partial charge < -0.3 is 16.2 Å². The third-order valence-corrected chi connectivity index (χ3v) is 1.87. The first-order chi connectivity index (χ1) is 7.02. The Kier molecular flexibility index (Phi) is 3.55. The fraction of sp³-hybridized carbons (Fsp3) is 0.364. The molecule has 0 saturated carbocycles. The molecular weight excluding hydrogens is 192 g/mol. The molecule has 0 spiro atoms. The number of benzene rings is 1. The van der Waals surface area contributed by atoms with E-state index in [2.05, 4.69) is 0 Å². The Hall–Kier alpha value is -1.71. The Morgan fingerprint density at radius 3 is 2.67 bits per heavy atom. The van der Waals surface area contributed by atoms with Crippen molar-refractivity contribution < 1.29 is 9.53 Å². The number of anilines is 1. The van der Waals surface area contributed by atoms with Crippen LogP contribution in [0, 0.1) is 5.92 Å². The van der Waals surface area contributed by atoms with Crippen molar-refractivity contribution in [2.75, 3.05) is 12.3 Å². The molecule has 0 bridgehead atoms. The second kappa shape index (κ2) is 4.68. The maximum Gasteiger partial charge on any atom is 0.252 e. The van der Waals surface area contributed by atoms with Gasteiger partial charge in [0.1, 0.15) is 0 Å². The summed E-state index contributed by atoms with van der Waals surface area (Å²) >= 11 is 0. The summed E-state index contributed by atoms with van der Waals surface area (Å²) in [6, 6.07) is 4.97. The molecule has 0 unspecified atom stereocenters. The second-order valence-electron chi connectivity index (χ2n) is 3.79.